The quantitative estimate of drug-likeness (QED) is 0.392. The number of hydrogen-bond donors (Lipinski definition) is 2. The first kappa shape index (κ1) is 24.5. The lowest BCUT2D eigenvalue weighted by atomic mass is 9.57. The molecule has 3 fully saturated rings. The molecule has 2 saturated carbocycles. The van der Waals surface area contributed by atoms with Crippen molar-refractivity contribution in [2.45, 2.75) is 63.9 Å². The number of nitrogens with zero attached hydrogens (tertiary/aromatic N) is 2. The molecular weight excluding hydrogens is 482 g/mol. The summed E-state index contributed by atoms with van der Waals surface area (Å²) in [6, 6.07) is 15.9. The molecule has 2 aromatic carbocycles. The summed E-state index contributed by atoms with van der Waals surface area (Å²) in [6.45, 7) is 7.61. The van der Waals surface area contributed by atoms with Crippen LogP contribution >= 0.6 is 0 Å². The number of amides is 1. The molecule has 3 aromatic rings. The molecule has 1 atom stereocenters. The van der Waals surface area contributed by atoms with E-state index in [1.54, 1.807) is 0 Å². The number of aliphatic carboxylic acids is 1. The first-order chi connectivity index (χ1) is 18.2. The number of carbonyl (C=O) groups is 2. The Bertz CT molecular complexity index is 1380. The predicted molar refractivity (Wildman–Crippen MR) is 143 cm³/mol. The van der Waals surface area contributed by atoms with Gasteiger partial charge in [0.15, 0.2) is 5.76 Å². The number of ether oxygens (including phenoxy) is 1. The molecular formula is C30H33N3O5. The molecule has 8 nitrogen and oxygen atoms in total. The minimum atomic E-state index is -0.723. The summed E-state index contributed by atoms with van der Waals surface area (Å²) in [7, 11) is 0. The first-order valence-corrected chi connectivity index (χ1v) is 13.3. The molecule has 0 radical (unpaired) electrons. The van der Waals surface area contributed by atoms with Gasteiger partial charge in [0.2, 0.25) is 0 Å². The average Bonchev–Trinajstić information content (AvgIpc) is 3.59. The van der Waals surface area contributed by atoms with Gasteiger partial charge in [-0.2, -0.15) is 0 Å². The van der Waals surface area contributed by atoms with Crippen molar-refractivity contribution in [2.24, 2.45) is 5.41 Å². The second kappa shape index (κ2) is 8.89. The van der Waals surface area contributed by atoms with Gasteiger partial charge in [-0.3, -0.25) is 10.1 Å². The molecule has 1 aromatic heterocycles. The van der Waals surface area contributed by atoms with Gasteiger partial charge in [0.25, 0.3) is 0 Å². The van der Waals surface area contributed by atoms with E-state index in [0.29, 0.717) is 11.4 Å². The SMILES string of the molecule is Cc1ccccc1[C@@H](C)OC(=O)Nc1c(C)noc1C1CC2(C1)CN(c1ccc(C3(C(=O)O)CC3)cc1)C2. The van der Waals surface area contributed by atoms with Gasteiger partial charge in [-0.05, 0) is 75.3 Å². The number of aryl methyl sites for hydroxylation is 2. The summed E-state index contributed by atoms with van der Waals surface area (Å²) < 4.78 is 11.3. The predicted octanol–water partition coefficient (Wildman–Crippen LogP) is 6.10. The van der Waals surface area contributed by atoms with Gasteiger partial charge in [-0.1, -0.05) is 41.6 Å². The van der Waals surface area contributed by atoms with Crippen LogP contribution in [0.25, 0.3) is 0 Å². The Labute approximate surface area is 222 Å². The van der Waals surface area contributed by atoms with Gasteiger partial charge in [-0.25, -0.2) is 4.79 Å². The second-order valence-corrected chi connectivity index (χ2v) is 11.4. The number of carboxylic acids is 1. The van der Waals surface area contributed by atoms with E-state index in [1.165, 1.54) is 0 Å². The van der Waals surface area contributed by atoms with E-state index >= 15 is 0 Å². The lowest BCUT2D eigenvalue weighted by Gasteiger charge is -2.59. The van der Waals surface area contributed by atoms with Gasteiger partial charge >= 0.3 is 12.1 Å². The zero-order valence-electron chi connectivity index (χ0n) is 22.0. The van der Waals surface area contributed by atoms with E-state index in [4.69, 9.17) is 9.26 Å². The van der Waals surface area contributed by atoms with Crippen molar-refractivity contribution in [2.75, 3.05) is 23.3 Å². The van der Waals surface area contributed by atoms with Crippen molar-refractivity contribution in [3.05, 3.63) is 76.7 Å². The van der Waals surface area contributed by atoms with E-state index in [2.05, 4.69) is 15.4 Å². The van der Waals surface area contributed by atoms with Crippen molar-refractivity contribution < 1.29 is 24.0 Å². The van der Waals surface area contributed by atoms with Crippen LogP contribution in [-0.4, -0.2) is 35.4 Å². The second-order valence-electron chi connectivity index (χ2n) is 11.4. The molecule has 2 N–H and O–H groups in total. The first-order valence-electron chi connectivity index (χ1n) is 13.3. The van der Waals surface area contributed by atoms with Crippen molar-refractivity contribution in [1.29, 1.82) is 0 Å². The number of anilines is 2. The molecule has 1 spiro atoms. The lowest BCUT2D eigenvalue weighted by molar-refractivity contribution is -0.140. The highest BCUT2D eigenvalue weighted by atomic mass is 16.6. The van der Waals surface area contributed by atoms with Gasteiger partial charge in [0.1, 0.15) is 17.5 Å². The minimum Gasteiger partial charge on any atom is -0.481 e. The maximum absolute atomic E-state index is 12.7. The largest absolute Gasteiger partial charge is 0.481 e. The lowest BCUT2D eigenvalue weighted by Crippen LogP contribution is -2.61. The molecule has 0 unspecified atom stereocenters. The van der Waals surface area contributed by atoms with Gasteiger partial charge in [0, 0.05) is 30.1 Å². The third-order valence-electron chi connectivity index (χ3n) is 8.75. The van der Waals surface area contributed by atoms with Crippen molar-refractivity contribution >= 4 is 23.4 Å². The molecule has 198 valence electrons. The smallest absolute Gasteiger partial charge is 0.412 e. The highest BCUT2D eigenvalue weighted by Crippen LogP contribution is 2.58. The third kappa shape index (κ3) is 4.12. The van der Waals surface area contributed by atoms with Crippen LogP contribution in [-0.2, 0) is 14.9 Å². The van der Waals surface area contributed by atoms with Crippen LogP contribution in [0.15, 0.2) is 53.1 Å². The molecule has 1 amide bonds. The zero-order chi connectivity index (χ0) is 26.7. The monoisotopic (exact) mass is 515 g/mol. The number of carbonyl (C=O) groups excluding carboxylic acids is 1. The summed E-state index contributed by atoms with van der Waals surface area (Å²) >= 11 is 0. The highest BCUT2D eigenvalue weighted by Gasteiger charge is 2.55. The number of nitrogens with one attached hydrogen (secondary N) is 1. The summed E-state index contributed by atoms with van der Waals surface area (Å²) in [4.78, 5) is 26.7. The summed E-state index contributed by atoms with van der Waals surface area (Å²) in [5, 5.41) is 16.5. The molecule has 8 heteroatoms. The molecule has 1 saturated heterocycles. The van der Waals surface area contributed by atoms with Crippen LogP contribution in [0.4, 0.5) is 16.2 Å². The van der Waals surface area contributed by atoms with Crippen LogP contribution in [0.2, 0.25) is 0 Å². The molecule has 2 heterocycles. The van der Waals surface area contributed by atoms with Crippen LogP contribution in [0.3, 0.4) is 0 Å². The maximum atomic E-state index is 12.7. The number of aromatic nitrogens is 1. The zero-order valence-corrected chi connectivity index (χ0v) is 22.0. The molecule has 2 aliphatic carbocycles. The Morgan fingerprint density at radius 1 is 1.11 bits per heavy atom. The Kier molecular flexibility index (Phi) is 5.74. The van der Waals surface area contributed by atoms with Crippen LogP contribution in [0.1, 0.15) is 72.8 Å². The summed E-state index contributed by atoms with van der Waals surface area (Å²) in [6.07, 6.45) is 2.50. The summed E-state index contributed by atoms with van der Waals surface area (Å²) in [5.41, 5.74) is 4.92. The van der Waals surface area contributed by atoms with E-state index < -0.39 is 17.5 Å². The van der Waals surface area contributed by atoms with Gasteiger partial charge in [-0.15, -0.1) is 0 Å². The Balaban J connectivity index is 1.04. The molecule has 6 rings (SSSR count). The van der Waals surface area contributed by atoms with E-state index in [-0.39, 0.29) is 17.4 Å². The third-order valence-corrected chi connectivity index (χ3v) is 8.75. The van der Waals surface area contributed by atoms with E-state index in [0.717, 1.165) is 66.9 Å². The summed E-state index contributed by atoms with van der Waals surface area (Å²) in [5.74, 6) is 0.203. The van der Waals surface area contributed by atoms with Crippen LogP contribution < -0.4 is 10.2 Å². The molecule has 38 heavy (non-hydrogen) atoms. The fraction of sp³-hybridized carbons (Fsp3) is 0.433. The van der Waals surface area contributed by atoms with Crippen molar-refractivity contribution in [3.63, 3.8) is 0 Å². The maximum Gasteiger partial charge on any atom is 0.412 e. The fourth-order valence-electron chi connectivity index (χ4n) is 6.33. The topological polar surface area (TPSA) is 105 Å². The highest BCUT2D eigenvalue weighted by molar-refractivity contribution is 5.86. The number of benzene rings is 2. The van der Waals surface area contributed by atoms with E-state index in [9.17, 15) is 14.7 Å². The van der Waals surface area contributed by atoms with Crippen molar-refractivity contribution in [1.82, 2.24) is 5.16 Å². The Morgan fingerprint density at radius 3 is 2.42 bits per heavy atom. The fourth-order valence-corrected chi connectivity index (χ4v) is 6.33. The van der Waals surface area contributed by atoms with Crippen LogP contribution in [0, 0.1) is 19.3 Å². The average molecular weight is 516 g/mol. The standard InChI is InChI=1S/C30H33N3O5/c1-18-6-4-5-7-24(18)20(3)37-28(36)31-25-19(2)32-38-26(25)21-14-29(15-21)16-33(17-29)23-10-8-22(9-11-23)30(12-13-30)27(34)35/h4-11,20-21H,12-17H2,1-3H3,(H,31,36)(H,34,35)/t20-/m1/s1. The molecule has 3 aliphatic rings. The number of rotatable bonds is 7. The van der Waals surface area contributed by atoms with E-state index in [1.807, 2.05) is 69.3 Å². The minimum absolute atomic E-state index is 0.204. The van der Waals surface area contributed by atoms with Crippen LogP contribution in [0.5, 0.6) is 0 Å². The van der Waals surface area contributed by atoms with Gasteiger partial charge < -0.3 is 19.3 Å². The number of hydrogen-bond acceptors (Lipinski definition) is 6. The molecule has 0 bridgehead atoms. The van der Waals surface area contributed by atoms with Gasteiger partial charge in [0.05, 0.1) is 5.41 Å². The molecule has 1 aliphatic heterocycles. The number of carboxylic acid groups (broad SMARTS) is 1. The Hall–Kier alpha value is -3.81. The van der Waals surface area contributed by atoms with Crippen molar-refractivity contribution in [3.8, 4) is 0 Å². The Morgan fingerprint density at radius 2 is 1.79 bits per heavy atom. The normalized spacial score (nSPS) is 19.8.